The molecule has 2 N–H and O–H groups in total. The fraction of sp³-hybridized carbons (Fsp3) is 1.00. The summed E-state index contributed by atoms with van der Waals surface area (Å²) in [6.45, 7) is 20.8. The molecule has 22 heavy (non-hydrogen) atoms. The minimum absolute atomic E-state index is 0.834. The normalized spacial score (nSPS) is 11.5. The first-order chi connectivity index (χ1) is 10.3. The van der Waals surface area contributed by atoms with Crippen molar-refractivity contribution in [2.75, 3.05) is 26.2 Å². The highest BCUT2D eigenvalue weighted by Gasteiger charge is 2.08. The van der Waals surface area contributed by atoms with Crippen molar-refractivity contribution in [3.8, 4) is 0 Å². The van der Waals surface area contributed by atoms with E-state index in [0.717, 1.165) is 24.3 Å². The molecule has 2 nitrogen and oxygen atoms in total. The van der Waals surface area contributed by atoms with Gasteiger partial charge < -0.3 is 10.6 Å². The Morgan fingerprint density at radius 1 is 0.682 bits per heavy atom. The molecule has 0 saturated carbocycles. The van der Waals surface area contributed by atoms with Gasteiger partial charge in [-0.2, -0.15) is 0 Å². The molecule has 0 bridgehead atoms. The number of nitrogens with zero attached hydrogens (tertiary/aromatic N) is 1. The minimum atomic E-state index is 0.834. The van der Waals surface area contributed by atoms with Crippen molar-refractivity contribution in [3.63, 3.8) is 0 Å². The van der Waals surface area contributed by atoms with Crippen LogP contribution in [0.5, 0.6) is 0 Å². The molecular weight excluding hydrogens is 268 g/mol. The Bertz CT molecular complexity index is 167. The summed E-state index contributed by atoms with van der Waals surface area (Å²) in [5, 5.41) is 0. The summed E-state index contributed by atoms with van der Waals surface area (Å²) in [6.07, 6.45) is 7.78. The molecule has 2 heteroatoms. The average Bonchev–Trinajstić information content (AvgIpc) is 2.44. The van der Waals surface area contributed by atoms with Crippen molar-refractivity contribution >= 4 is 0 Å². The number of unbranched alkanes of at least 4 members (excludes halogenated alkanes) is 2. The molecule has 0 saturated heterocycles. The highest BCUT2D eigenvalue weighted by atomic mass is 15.1. The second kappa shape index (κ2) is 17.3. The van der Waals surface area contributed by atoms with Crippen molar-refractivity contribution < 1.29 is 0 Å². The summed E-state index contributed by atoms with van der Waals surface area (Å²) in [5.74, 6) is 2.50. The largest absolute Gasteiger partial charge is 0.330 e. The molecule has 0 aliphatic carbocycles. The van der Waals surface area contributed by atoms with Gasteiger partial charge in [-0.1, -0.05) is 61.3 Å². The zero-order valence-electron chi connectivity index (χ0n) is 16.8. The van der Waals surface area contributed by atoms with Crippen molar-refractivity contribution in [1.82, 2.24) is 4.90 Å². The van der Waals surface area contributed by atoms with Crippen LogP contribution in [-0.2, 0) is 0 Å². The van der Waals surface area contributed by atoms with Crippen molar-refractivity contribution in [2.45, 2.75) is 87.0 Å². The van der Waals surface area contributed by atoms with Gasteiger partial charge in [-0.3, -0.25) is 0 Å². The minimum Gasteiger partial charge on any atom is -0.330 e. The number of rotatable bonds is 12. The molecule has 136 valence electrons. The molecule has 0 aliphatic rings. The molecule has 0 aromatic rings. The SMILES string of the molecule is CC(C)CCN(CCC(C)C)CCC(C)C.CCCCCN. The van der Waals surface area contributed by atoms with Gasteiger partial charge in [0.05, 0.1) is 0 Å². The molecule has 0 amide bonds. The second-order valence-corrected chi connectivity index (χ2v) is 7.88. The van der Waals surface area contributed by atoms with E-state index in [1.165, 1.54) is 58.2 Å². The topological polar surface area (TPSA) is 29.3 Å². The van der Waals surface area contributed by atoms with Crippen LogP contribution in [0, 0.1) is 17.8 Å². The highest BCUT2D eigenvalue weighted by Crippen LogP contribution is 2.09. The van der Waals surface area contributed by atoms with E-state index in [2.05, 4.69) is 53.4 Å². The zero-order chi connectivity index (χ0) is 17.4. The lowest BCUT2D eigenvalue weighted by Gasteiger charge is -2.24. The standard InChI is InChI=1S/C15H33N.C5H13N/c1-13(2)7-10-16(11-8-14(3)4)12-9-15(5)6;1-2-3-4-5-6/h13-15H,7-12H2,1-6H3;2-6H2,1H3. The van der Waals surface area contributed by atoms with Crippen molar-refractivity contribution in [2.24, 2.45) is 23.5 Å². The smallest absolute Gasteiger partial charge is 0.00163 e. The van der Waals surface area contributed by atoms with Crippen LogP contribution in [0.25, 0.3) is 0 Å². The fourth-order valence-corrected chi connectivity index (χ4v) is 2.05. The molecule has 0 aromatic carbocycles. The summed E-state index contributed by atoms with van der Waals surface area (Å²) >= 11 is 0. The molecule has 0 fully saturated rings. The number of hydrogen-bond donors (Lipinski definition) is 1. The van der Waals surface area contributed by atoms with Crippen LogP contribution >= 0.6 is 0 Å². The van der Waals surface area contributed by atoms with Crippen LogP contribution in [0.2, 0.25) is 0 Å². The van der Waals surface area contributed by atoms with E-state index in [0.29, 0.717) is 0 Å². The van der Waals surface area contributed by atoms with Crippen LogP contribution in [0.3, 0.4) is 0 Å². The third-order valence-corrected chi connectivity index (χ3v) is 3.88. The Hall–Kier alpha value is -0.0800. The lowest BCUT2D eigenvalue weighted by Crippen LogP contribution is -2.29. The lowest BCUT2D eigenvalue weighted by atomic mass is 10.1. The van der Waals surface area contributed by atoms with E-state index in [4.69, 9.17) is 5.73 Å². The van der Waals surface area contributed by atoms with E-state index in [9.17, 15) is 0 Å². The molecule has 0 rings (SSSR count). The monoisotopic (exact) mass is 314 g/mol. The van der Waals surface area contributed by atoms with Gasteiger partial charge >= 0.3 is 0 Å². The first-order valence-corrected chi connectivity index (χ1v) is 9.75. The molecule has 0 radical (unpaired) electrons. The van der Waals surface area contributed by atoms with E-state index in [-0.39, 0.29) is 0 Å². The van der Waals surface area contributed by atoms with Crippen molar-refractivity contribution in [1.29, 1.82) is 0 Å². The Morgan fingerprint density at radius 2 is 1.05 bits per heavy atom. The van der Waals surface area contributed by atoms with E-state index in [1.54, 1.807) is 0 Å². The van der Waals surface area contributed by atoms with Gasteiger partial charge in [0.1, 0.15) is 0 Å². The van der Waals surface area contributed by atoms with Gasteiger partial charge in [0, 0.05) is 0 Å². The van der Waals surface area contributed by atoms with Gasteiger partial charge in [-0.25, -0.2) is 0 Å². The number of nitrogens with two attached hydrogens (primary N) is 1. The lowest BCUT2D eigenvalue weighted by molar-refractivity contribution is 0.231. The van der Waals surface area contributed by atoms with Gasteiger partial charge in [0.2, 0.25) is 0 Å². The highest BCUT2D eigenvalue weighted by molar-refractivity contribution is 4.62. The Labute approximate surface area is 142 Å². The summed E-state index contributed by atoms with van der Waals surface area (Å²) < 4.78 is 0. The second-order valence-electron chi connectivity index (χ2n) is 7.88. The molecule has 0 spiro atoms. The molecule has 0 aliphatic heterocycles. The number of hydrogen-bond acceptors (Lipinski definition) is 2. The van der Waals surface area contributed by atoms with Crippen LogP contribution in [-0.4, -0.2) is 31.1 Å². The van der Waals surface area contributed by atoms with Crippen LogP contribution in [0.15, 0.2) is 0 Å². The first-order valence-electron chi connectivity index (χ1n) is 9.75. The molecule has 0 atom stereocenters. The van der Waals surface area contributed by atoms with Crippen LogP contribution in [0.4, 0.5) is 0 Å². The van der Waals surface area contributed by atoms with Crippen molar-refractivity contribution in [3.05, 3.63) is 0 Å². The first kappa shape index (κ1) is 24.2. The third kappa shape index (κ3) is 22.2. The average molecular weight is 315 g/mol. The predicted octanol–water partition coefficient (Wildman–Crippen LogP) is 5.56. The predicted molar refractivity (Wildman–Crippen MR) is 103 cm³/mol. The summed E-state index contributed by atoms with van der Waals surface area (Å²) in [7, 11) is 0. The molecule has 0 heterocycles. The summed E-state index contributed by atoms with van der Waals surface area (Å²) in [4.78, 5) is 2.67. The Morgan fingerprint density at radius 3 is 1.23 bits per heavy atom. The van der Waals surface area contributed by atoms with Gasteiger partial charge in [0.25, 0.3) is 0 Å². The van der Waals surface area contributed by atoms with E-state index >= 15 is 0 Å². The quantitative estimate of drug-likeness (QED) is 0.478. The maximum atomic E-state index is 5.21. The Balaban J connectivity index is 0. The summed E-state index contributed by atoms with van der Waals surface area (Å²) in [5.41, 5.74) is 5.21. The van der Waals surface area contributed by atoms with Gasteiger partial charge in [0.15, 0.2) is 0 Å². The summed E-state index contributed by atoms with van der Waals surface area (Å²) in [6, 6.07) is 0. The van der Waals surface area contributed by atoms with Crippen LogP contribution < -0.4 is 5.73 Å². The van der Waals surface area contributed by atoms with E-state index < -0.39 is 0 Å². The maximum Gasteiger partial charge on any atom is -0.00163 e. The van der Waals surface area contributed by atoms with Gasteiger partial charge in [-0.05, 0) is 69.6 Å². The zero-order valence-corrected chi connectivity index (χ0v) is 16.8. The Kier molecular flexibility index (Phi) is 19.0. The van der Waals surface area contributed by atoms with E-state index in [1.807, 2.05) is 0 Å². The van der Waals surface area contributed by atoms with Crippen LogP contribution in [0.1, 0.15) is 87.0 Å². The molecular formula is C20H46N2. The molecule has 0 unspecified atom stereocenters. The molecule has 0 aromatic heterocycles. The van der Waals surface area contributed by atoms with Gasteiger partial charge in [-0.15, -0.1) is 0 Å². The fourth-order valence-electron chi connectivity index (χ4n) is 2.05. The maximum absolute atomic E-state index is 5.21. The third-order valence-electron chi connectivity index (χ3n) is 3.88.